The molecule has 0 aromatic carbocycles. The molecule has 0 atom stereocenters. The number of hydrogen-bond donors (Lipinski definition) is 1. The highest BCUT2D eigenvalue weighted by atomic mass is 16.2. The molecule has 1 N–H and O–H groups in total. The van der Waals surface area contributed by atoms with Gasteiger partial charge >= 0.3 is 0 Å². The first kappa shape index (κ1) is 12.6. The fourth-order valence-corrected chi connectivity index (χ4v) is 1.29. The average molecular weight is 222 g/mol. The first-order valence-electron chi connectivity index (χ1n) is 5.34. The van der Waals surface area contributed by atoms with Gasteiger partial charge in [0.15, 0.2) is 0 Å². The monoisotopic (exact) mass is 222 g/mol. The third-order valence-corrected chi connectivity index (χ3v) is 2.27. The highest BCUT2D eigenvalue weighted by molar-refractivity contribution is 5.91. The second-order valence-electron chi connectivity index (χ2n) is 3.73. The van der Waals surface area contributed by atoms with E-state index in [2.05, 4.69) is 15.3 Å². The predicted molar refractivity (Wildman–Crippen MR) is 62.3 cm³/mol. The van der Waals surface area contributed by atoms with Crippen LogP contribution in [0.2, 0.25) is 0 Å². The molecule has 0 aliphatic carbocycles. The average Bonchev–Trinajstić information content (AvgIpc) is 2.29. The molecule has 0 aliphatic rings. The summed E-state index contributed by atoms with van der Waals surface area (Å²) in [5, 5.41) is 3.04. The molecule has 5 nitrogen and oxygen atoms in total. The van der Waals surface area contributed by atoms with Crippen LogP contribution in [0.15, 0.2) is 12.4 Å². The van der Waals surface area contributed by atoms with Gasteiger partial charge in [-0.25, -0.2) is 4.98 Å². The van der Waals surface area contributed by atoms with Crippen molar-refractivity contribution in [2.75, 3.05) is 27.2 Å². The van der Waals surface area contributed by atoms with Crippen molar-refractivity contribution < 1.29 is 4.79 Å². The Balaban J connectivity index is 2.53. The molecular formula is C11H18N4O. The van der Waals surface area contributed by atoms with Crippen LogP contribution < -0.4 is 5.32 Å². The molecule has 16 heavy (non-hydrogen) atoms. The number of aryl methyl sites for hydroxylation is 1. The van der Waals surface area contributed by atoms with Gasteiger partial charge in [0.2, 0.25) is 0 Å². The van der Waals surface area contributed by atoms with Crippen LogP contribution >= 0.6 is 0 Å². The van der Waals surface area contributed by atoms with Crippen LogP contribution in [0, 0.1) is 6.92 Å². The van der Waals surface area contributed by atoms with Gasteiger partial charge in [-0.3, -0.25) is 9.78 Å². The first-order chi connectivity index (χ1) is 7.65. The molecule has 0 saturated heterocycles. The number of nitrogens with one attached hydrogen (secondary N) is 1. The van der Waals surface area contributed by atoms with E-state index in [1.54, 1.807) is 18.1 Å². The minimum Gasteiger partial charge on any atom is -0.340 e. The minimum atomic E-state index is -0.0800. The van der Waals surface area contributed by atoms with Crippen LogP contribution in [0.5, 0.6) is 0 Å². The van der Waals surface area contributed by atoms with Gasteiger partial charge in [-0.2, -0.15) is 0 Å². The summed E-state index contributed by atoms with van der Waals surface area (Å²) in [6.45, 7) is 3.46. The Morgan fingerprint density at radius 2 is 2.19 bits per heavy atom. The van der Waals surface area contributed by atoms with E-state index in [1.807, 2.05) is 14.0 Å². The molecule has 1 amide bonds. The summed E-state index contributed by atoms with van der Waals surface area (Å²) >= 11 is 0. The fourth-order valence-electron chi connectivity index (χ4n) is 1.29. The molecule has 0 fully saturated rings. The van der Waals surface area contributed by atoms with E-state index in [9.17, 15) is 4.79 Å². The Bertz CT molecular complexity index is 336. The van der Waals surface area contributed by atoms with Gasteiger partial charge in [-0.05, 0) is 26.9 Å². The number of rotatable bonds is 5. The summed E-state index contributed by atoms with van der Waals surface area (Å²) in [6.07, 6.45) is 4.05. The molecule has 0 radical (unpaired) electrons. The van der Waals surface area contributed by atoms with E-state index in [0.29, 0.717) is 5.69 Å². The molecule has 0 saturated carbocycles. The SMILES string of the molecule is CNCCCN(C)C(=O)c1cnc(C)cn1. The third-order valence-electron chi connectivity index (χ3n) is 2.27. The van der Waals surface area contributed by atoms with Crippen molar-refractivity contribution >= 4 is 5.91 Å². The second kappa shape index (κ2) is 6.17. The number of carbonyl (C=O) groups is 1. The summed E-state index contributed by atoms with van der Waals surface area (Å²) < 4.78 is 0. The Labute approximate surface area is 95.9 Å². The Morgan fingerprint density at radius 1 is 1.44 bits per heavy atom. The van der Waals surface area contributed by atoms with Gasteiger partial charge in [0.1, 0.15) is 5.69 Å². The topological polar surface area (TPSA) is 58.1 Å². The van der Waals surface area contributed by atoms with Crippen LogP contribution in [0.1, 0.15) is 22.6 Å². The van der Waals surface area contributed by atoms with Gasteiger partial charge in [-0.1, -0.05) is 0 Å². The van der Waals surface area contributed by atoms with Crippen LogP contribution in [0.25, 0.3) is 0 Å². The van der Waals surface area contributed by atoms with E-state index in [-0.39, 0.29) is 5.91 Å². The molecule has 1 heterocycles. The quantitative estimate of drug-likeness (QED) is 0.736. The lowest BCUT2D eigenvalue weighted by Gasteiger charge is -2.16. The predicted octanol–water partition coefficient (Wildman–Crippen LogP) is 0.467. The summed E-state index contributed by atoms with van der Waals surface area (Å²) in [5.41, 5.74) is 1.21. The van der Waals surface area contributed by atoms with Crippen LogP contribution in [-0.2, 0) is 0 Å². The molecule has 0 aliphatic heterocycles. The van der Waals surface area contributed by atoms with Gasteiger partial charge in [-0.15, -0.1) is 0 Å². The Morgan fingerprint density at radius 3 is 2.75 bits per heavy atom. The van der Waals surface area contributed by atoms with Crippen molar-refractivity contribution in [1.29, 1.82) is 0 Å². The highest BCUT2D eigenvalue weighted by Gasteiger charge is 2.12. The van der Waals surface area contributed by atoms with Crippen LogP contribution in [-0.4, -0.2) is 48.0 Å². The van der Waals surface area contributed by atoms with Crippen molar-refractivity contribution in [1.82, 2.24) is 20.2 Å². The Kier molecular flexibility index (Phi) is 4.85. The van der Waals surface area contributed by atoms with Crippen LogP contribution in [0.3, 0.4) is 0 Å². The van der Waals surface area contributed by atoms with Gasteiger partial charge in [0.05, 0.1) is 11.9 Å². The molecule has 88 valence electrons. The first-order valence-corrected chi connectivity index (χ1v) is 5.34. The maximum absolute atomic E-state index is 11.9. The van der Waals surface area contributed by atoms with Gasteiger partial charge < -0.3 is 10.2 Å². The maximum Gasteiger partial charge on any atom is 0.273 e. The van der Waals surface area contributed by atoms with Crippen molar-refractivity contribution in [3.8, 4) is 0 Å². The molecule has 0 unspecified atom stereocenters. The summed E-state index contributed by atoms with van der Waals surface area (Å²) in [6, 6.07) is 0. The fraction of sp³-hybridized carbons (Fsp3) is 0.545. The van der Waals surface area contributed by atoms with Gasteiger partial charge in [0, 0.05) is 19.8 Å². The molecule has 0 spiro atoms. The summed E-state index contributed by atoms with van der Waals surface area (Å²) in [5.74, 6) is -0.0800. The highest BCUT2D eigenvalue weighted by Crippen LogP contribution is 1.99. The lowest BCUT2D eigenvalue weighted by molar-refractivity contribution is 0.0787. The Hall–Kier alpha value is -1.49. The maximum atomic E-state index is 11.9. The summed E-state index contributed by atoms with van der Waals surface area (Å²) in [4.78, 5) is 21.6. The standard InChI is InChI=1S/C11H18N4O/c1-9-7-14-10(8-13-9)11(16)15(3)6-4-5-12-2/h7-8,12H,4-6H2,1-3H3. The second-order valence-corrected chi connectivity index (χ2v) is 3.73. The summed E-state index contributed by atoms with van der Waals surface area (Å²) in [7, 11) is 3.67. The zero-order chi connectivity index (χ0) is 12.0. The van der Waals surface area contributed by atoms with E-state index < -0.39 is 0 Å². The van der Waals surface area contributed by atoms with Gasteiger partial charge in [0.25, 0.3) is 5.91 Å². The molecule has 1 aromatic rings. The van der Waals surface area contributed by atoms with E-state index >= 15 is 0 Å². The van der Waals surface area contributed by atoms with E-state index in [0.717, 1.165) is 25.2 Å². The van der Waals surface area contributed by atoms with E-state index in [1.165, 1.54) is 6.20 Å². The number of aromatic nitrogens is 2. The van der Waals surface area contributed by atoms with Crippen molar-refractivity contribution in [3.63, 3.8) is 0 Å². The number of nitrogens with zero attached hydrogens (tertiary/aromatic N) is 3. The number of carbonyl (C=O) groups excluding carboxylic acids is 1. The third kappa shape index (κ3) is 3.58. The minimum absolute atomic E-state index is 0.0800. The molecule has 5 heteroatoms. The molecular weight excluding hydrogens is 204 g/mol. The number of amides is 1. The van der Waals surface area contributed by atoms with Crippen LogP contribution in [0.4, 0.5) is 0 Å². The lowest BCUT2D eigenvalue weighted by Crippen LogP contribution is -2.30. The van der Waals surface area contributed by atoms with E-state index in [4.69, 9.17) is 0 Å². The normalized spacial score (nSPS) is 10.2. The van der Waals surface area contributed by atoms with Crippen molar-refractivity contribution in [2.24, 2.45) is 0 Å². The molecule has 0 bridgehead atoms. The molecule has 1 aromatic heterocycles. The smallest absolute Gasteiger partial charge is 0.273 e. The zero-order valence-electron chi connectivity index (χ0n) is 10.0. The molecule has 1 rings (SSSR count). The largest absolute Gasteiger partial charge is 0.340 e. The van der Waals surface area contributed by atoms with Crippen molar-refractivity contribution in [2.45, 2.75) is 13.3 Å². The zero-order valence-corrected chi connectivity index (χ0v) is 10.0. The lowest BCUT2D eigenvalue weighted by atomic mass is 10.3. The number of hydrogen-bond acceptors (Lipinski definition) is 4. The van der Waals surface area contributed by atoms with Crippen molar-refractivity contribution in [3.05, 3.63) is 23.8 Å².